The van der Waals surface area contributed by atoms with E-state index >= 15 is 4.39 Å². The number of anilines is 1. The van der Waals surface area contributed by atoms with E-state index in [2.05, 4.69) is 24.8 Å². The summed E-state index contributed by atoms with van der Waals surface area (Å²) in [4.78, 5) is 35.8. The third-order valence-corrected chi connectivity index (χ3v) is 12.9. The molecule has 1 aromatic carbocycles. The molecule has 2 aromatic heterocycles. The Labute approximate surface area is 324 Å². The summed E-state index contributed by atoms with van der Waals surface area (Å²) in [6, 6.07) is 4.48. The van der Waals surface area contributed by atoms with Gasteiger partial charge in [0, 0.05) is 73.7 Å². The number of methoxy groups -OCH3 is 1. The number of hydrogen-bond acceptors (Lipinski definition) is 11. The average Bonchev–Trinajstić information content (AvgIpc) is 3.74. The highest BCUT2D eigenvalue weighted by Gasteiger charge is 2.50. The number of carbonyl (C=O) groups is 1. The van der Waals surface area contributed by atoms with Crippen molar-refractivity contribution in [2.45, 2.75) is 80.7 Å². The normalized spacial score (nSPS) is 27.4. The molecule has 6 aliphatic heterocycles. The summed E-state index contributed by atoms with van der Waals surface area (Å²) in [6.45, 7) is 6.28. The molecule has 7 aliphatic rings. The highest BCUT2D eigenvalue weighted by molar-refractivity contribution is 6.32. The van der Waals surface area contributed by atoms with Crippen molar-refractivity contribution in [1.29, 1.82) is 0 Å². The lowest BCUT2D eigenvalue weighted by molar-refractivity contribution is -0.164. The lowest BCUT2D eigenvalue weighted by Crippen LogP contribution is -2.72. The predicted molar refractivity (Wildman–Crippen MR) is 203 cm³/mol. The fourth-order valence-corrected chi connectivity index (χ4v) is 9.99. The molecular weight excluding hydrogens is 732 g/mol. The molecule has 1 amide bonds. The second-order valence-electron chi connectivity index (χ2n) is 16.2. The number of alkyl halides is 1. The van der Waals surface area contributed by atoms with Gasteiger partial charge in [-0.05, 0) is 75.1 Å². The van der Waals surface area contributed by atoms with Crippen LogP contribution in [0.3, 0.4) is 0 Å². The number of rotatable bonds is 7. The Balaban J connectivity index is 0.000000385. The molecule has 8 heterocycles. The predicted octanol–water partition coefficient (Wildman–Crippen LogP) is 5.11. The van der Waals surface area contributed by atoms with E-state index in [1.165, 1.54) is 32.1 Å². The van der Waals surface area contributed by atoms with Gasteiger partial charge in [0.15, 0.2) is 5.82 Å². The van der Waals surface area contributed by atoms with Crippen LogP contribution in [-0.4, -0.2) is 143 Å². The number of aromatic hydroxyl groups is 1. The summed E-state index contributed by atoms with van der Waals surface area (Å²) in [5.41, 5.74) is 0.829. The second-order valence-corrected chi connectivity index (χ2v) is 16.6. The van der Waals surface area contributed by atoms with Crippen molar-refractivity contribution >= 4 is 34.2 Å². The van der Waals surface area contributed by atoms with Crippen molar-refractivity contribution < 1.29 is 32.9 Å². The van der Waals surface area contributed by atoms with Gasteiger partial charge >= 0.3 is 6.01 Å². The Morgan fingerprint density at radius 1 is 1.07 bits per heavy atom. The van der Waals surface area contributed by atoms with E-state index in [0.717, 1.165) is 64.0 Å². The average molecular weight is 780 g/mol. The molecule has 4 atom stereocenters. The topological polar surface area (TPSA) is 117 Å². The molecule has 1 aliphatic carbocycles. The van der Waals surface area contributed by atoms with Crippen LogP contribution in [0.25, 0.3) is 22.2 Å². The summed E-state index contributed by atoms with van der Waals surface area (Å²) in [5.74, 6) is -0.0673. The molecule has 12 nitrogen and oxygen atoms in total. The molecule has 294 valence electrons. The Morgan fingerprint density at radius 3 is 2.58 bits per heavy atom. The SMILES string of the molecule is COc1nc(N2CCN(C(=O)/C=C/CN3[C@@H]4CC[C@H]3COC4)C3(COC3)C2)c2cnc(-c3cc(O)cc(Cl)c3C3CC3)c(F)c2n1.FC1CC2CCCN2C1. The minimum atomic E-state index is -0.641. The first kappa shape index (κ1) is 36.9. The van der Waals surface area contributed by atoms with Crippen molar-refractivity contribution in [1.82, 2.24) is 29.7 Å². The third-order valence-electron chi connectivity index (χ3n) is 12.6. The van der Waals surface area contributed by atoms with Crippen LogP contribution in [0.4, 0.5) is 14.6 Å². The molecular formula is C40H48ClF2N7O5. The van der Waals surface area contributed by atoms with Crippen LogP contribution in [0.5, 0.6) is 11.8 Å². The first-order chi connectivity index (χ1) is 26.7. The van der Waals surface area contributed by atoms with Gasteiger partial charge in [-0.15, -0.1) is 0 Å². The Kier molecular flexibility index (Phi) is 10.1. The minimum absolute atomic E-state index is 0.0207. The maximum atomic E-state index is 16.4. The molecule has 2 bridgehead atoms. The lowest BCUT2D eigenvalue weighted by atomic mass is 9.91. The van der Waals surface area contributed by atoms with Crippen LogP contribution in [-0.2, 0) is 14.3 Å². The molecule has 1 spiro atoms. The number of aromatic nitrogens is 3. The number of nitrogens with zero attached hydrogens (tertiary/aromatic N) is 7. The molecule has 2 unspecified atom stereocenters. The van der Waals surface area contributed by atoms with Crippen LogP contribution >= 0.6 is 11.6 Å². The van der Waals surface area contributed by atoms with E-state index in [1.807, 2.05) is 15.9 Å². The van der Waals surface area contributed by atoms with Crippen molar-refractivity contribution in [3.8, 4) is 23.0 Å². The van der Waals surface area contributed by atoms with Crippen LogP contribution in [0, 0.1) is 5.82 Å². The lowest BCUT2D eigenvalue weighted by Gasteiger charge is -2.55. The van der Waals surface area contributed by atoms with Crippen LogP contribution in [0.15, 0.2) is 30.5 Å². The van der Waals surface area contributed by atoms with E-state index in [1.54, 1.807) is 12.3 Å². The number of piperazine rings is 1. The number of fused-ring (bicyclic) bond motifs is 4. The molecule has 1 saturated carbocycles. The van der Waals surface area contributed by atoms with E-state index in [-0.39, 0.29) is 34.8 Å². The van der Waals surface area contributed by atoms with Gasteiger partial charge in [-0.25, -0.2) is 8.78 Å². The first-order valence-corrected chi connectivity index (χ1v) is 20.0. The molecule has 10 rings (SSSR count). The maximum absolute atomic E-state index is 16.4. The zero-order chi connectivity index (χ0) is 37.8. The van der Waals surface area contributed by atoms with Crippen molar-refractivity contribution in [3.05, 3.63) is 46.9 Å². The Hall–Kier alpha value is -3.69. The first-order valence-electron chi connectivity index (χ1n) is 19.7. The minimum Gasteiger partial charge on any atom is -0.508 e. The molecule has 6 saturated heterocycles. The van der Waals surface area contributed by atoms with Gasteiger partial charge < -0.3 is 29.1 Å². The van der Waals surface area contributed by atoms with Gasteiger partial charge in [0.1, 0.15) is 34.5 Å². The zero-order valence-electron chi connectivity index (χ0n) is 31.1. The number of morpholine rings is 1. The Bertz CT molecular complexity index is 1950. The molecule has 3 aromatic rings. The molecule has 15 heteroatoms. The van der Waals surface area contributed by atoms with Gasteiger partial charge in [0.05, 0.1) is 38.9 Å². The van der Waals surface area contributed by atoms with Gasteiger partial charge in [0.2, 0.25) is 5.91 Å². The van der Waals surface area contributed by atoms with Crippen LogP contribution in [0.2, 0.25) is 5.02 Å². The van der Waals surface area contributed by atoms with Crippen molar-refractivity contribution in [3.63, 3.8) is 0 Å². The fraction of sp³-hybridized carbons (Fsp3) is 0.600. The van der Waals surface area contributed by atoms with Gasteiger partial charge in [0.25, 0.3) is 0 Å². The number of phenolic OH excluding ortho intramolecular Hbond substituents is 1. The summed E-state index contributed by atoms with van der Waals surface area (Å²) in [7, 11) is 1.44. The van der Waals surface area contributed by atoms with Crippen molar-refractivity contribution in [2.75, 3.05) is 77.7 Å². The highest BCUT2D eigenvalue weighted by Crippen LogP contribution is 2.49. The number of benzene rings is 1. The van der Waals surface area contributed by atoms with E-state index in [9.17, 15) is 14.3 Å². The van der Waals surface area contributed by atoms with Crippen molar-refractivity contribution in [2.24, 2.45) is 0 Å². The number of phenols is 1. The number of amides is 1. The van der Waals surface area contributed by atoms with Gasteiger partial charge in [-0.3, -0.25) is 19.6 Å². The quantitative estimate of drug-likeness (QED) is 0.323. The number of ether oxygens (including phenoxy) is 3. The monoisotopic (exact) mass is 779 g/mol. The molecule has 0 radical (unpaired) electrons. The van der Waals surface area contributed by atoms with Crippen LogP contribution in [0.1, 0.15) is 56.4 Å². The highest BCUT2D eigenvalue weighted by atomic mass is 35.5. The maximum Gasteiger partial charge on any atom is 0.318 e. The van der Waals surface area contributed by atoms with E-state index in [4.69, 9.17) is 25.8 Å². The third kappa shape index (κ3) is 7.02. The van der Waals surface area contributed by atoms with E-state index < -0.39 is 17.5 Å². The summed E-state index contributed by atoms with van der Waals surface area (Å²) < 4.78 is 45.8. The summed E-state index contributed by atoms with van der Waals surface area (Å²) in [5, 5.41) is 11.1. The fourth-order valence-electron chi connectivity index (χ4n) is 9.62. The Morgan fingerprint density at radius 2 is 1.87 bits per heavy atom. The molecule has 55 heavy (non-hydrogen) atoms. The van der Waals surface area contributed by atoms with Gasteiger partial charge in [-0.2, -0.15) is 9.97 Å². The molecule has 1 N–H and O–H groups in total. The summed E-state index contributed by atoms with van der Waals surface area (Å²) in [6.07, 6.45) is 12.2. The summed E-state index contributed by atoms with van der Waals surface area (Å²) >= 11 is 6.51. The zero-order valence-corrected chi connectivity index (χ0v) is 31.9. The van der Waals surface area contributed by atoms with Gasteiger partial charge in [-0.1, -0.05) is 17.7 Å². The largest absolute Gasteiger partial charge is 0.508 e. The number of halogens is 3. The van der Waals surface area contributed by atoms with Crippen LogP contribution < -0.4 is 9.64 Å². The standard InChI is InChI=1S/C33H36ClFN6O5.C7H12FN/c1-44-32-37-30-24(13-36-29(28(30)35)23-11-22(42)12-25(34)27(23)19-4-5-19)31(38-32)39-9-10-41(33(16-39)17-46-18-33)26(43)3-2-8-40-20-6-7-21(40)15-45-14-20;8-6-4-7-2-1-3-9(7)5-6/h2-3,11-13,19-21,42H,4-10,14-18H2,1H3;6-7H,1-5H2/b3-2+;/t20-,21+;. The number of carbonyl (C=O) groups excluding carboxylic acids is 1. The molecule has 7 fully saturated rings. The van der Waals surface area contributed by atoms with E-state index in [0.29, 0.717) is 79.3 Å². The smallest absolute Gasteiger partial charge is 0.318 e. The second kappa shape index (κ2) is 15.0. The number of hydrogen-bond donors (Lipinski definition) is 1. The number of pyridine rings is 1.